The van der Waals surface area contributed by atoms with Crippen molar-refractivity contribution in [2.75, 3.05) is 10.5 Å². The lowest BCUT2D eigenvalue weighted by molar-refractivity contribution is -0.129. The average Bonchev–Trinajstić information content (AvgIpc) is 2.68. The van der Waals surface area contributed by atoms with Gasteiger partial charge in [0.1, 0.15) is 0 Å². The number of carbonyl (C=O) groups excluding carboxylic acids is 1. The Morgan fingerprint density at radius 3 is 2.25 bits per heavy atom. The van der Waals surface area contributed by atoms with Crippen molar-refractivity contribution in [2.24, 2.45) is 0 Å². The molecule has 0 saturated heterocycles. The van der Waals surface area contributed by atoms with Crippen LogP contribution in [-0.4, -0.2) is 29.5 Å². The number of anilines is 1. The van der Waals surface area contributed by atoms with Gasteiger partial charge in [-0.05, 0) is 61.4 Å². The number of hydroxylamine groups is 1. The molecule has 2 aromatic carbocycles. The fourth-order valence-electron chi connectivity index (χ4n) is 2.37. The van der Waals surface area contributed by atoms with Gasteiger partial charge in [-0.1, -0.05) is 18.0 Å². The van der Waals surface area contributed by atoms with E-state index in [-0.39, 0.29) is 11.3 Å². The van der Waals surface area contributed by atoms with Crippen molar-refractivity contribution < 1.29 is 22.6 Å². The normalized spacial score (nSPS) is 12.4. The molecule has 2 aromatic rings. The van der Waals surface area contributed by atoms with Crippen LogP contribution >= 0.6 is 11.6 Å². The molecule has 28 heavy (non-hydrogen) atoms. The van der Waals surface area contributed by atoms with Crippen molar-refractivity contribution in [1.29, 1.82) is 0 Å². The van der Waals surface area contributed by atoms with Gasteiger partial charge in [0, 0.05) is 27.8 Å². The van der Waals surface area contributed by atoms with Crippen LogP contribution in [0.3, 0.4) is 0 Å². The quantitative estimate of drug-likeness (QED) is 0.295. The van der Waals surface area contributed by atoms with Crippen LogP contribution < -0.4 is 10.2 Å². The van der Waals surface area contributed by atoms with Gasteiger partial charge < -0.3 is 0 Å². The first-order chi connectivity index (χ1) is 13.3. The van der Waals surface area contributed by atoms with Gasteiger partial charge in [0.25, 0.3) is 10.0 Å². The molecule has 0 fully saturated rings. The number of amides is 1. The molecule has 152 valence electrons. The van der Waals surface area contributed by atoms with Crippen molar-refractivity contribution in [3.63, 3.8) is 0 Å². The van der Waals surface area contributed by atoms with Gasteiger partial charge in [-0.3, -0.25) is 18.9 Å². The van der Waals surface area contributed by atoms with Crippen LogP contribution in [0, 0.1) is 0 Å². The summed E-state index contributed by atoms with van der Waals surface area (Å²) >= 11 is 5.77. The maximum atomic E-state index is 12.3. The minimum absolute atomic E-state index is 0.0967. The zero-order valence-corrected chi connectivity index (χ0v) is 17.3. The highest BCUT2D eigenvalue weighted by Crippen LogP contribution is 2.20. The molecule has 0 aliphatic rings. The lowest BCUT2D eigenvalue weighted by Crippen LogP contribution is -2.17. The topological polar surface area (TPSA) is 113 Å². The van der Waals surface area contributed by atoms with E-state index in [2.05, 4.69) is 4.72 Å². The molecule has 1 atom stereocenters. The molecule has 0 radical (unpaired) electrons. The van der Waals surface area contributed by atoms with Gasteiger partial charge in [-0.2, -0.15) is 0 Å². The van der Waals surface area contributed by atoms with Crippen LogP contribution in [0.5, 0.6) is 0 Å². The van der Waals surface area contributed by atoms with Crippen LogP contribution in [0.15, 0.2) is 58.3 Å². The molecule has 2 rings (SSSR count). The van der Waals surface area contributed by atoms with Crippen molar-refractivity contribution in [3.05, 3.63) is 53.6 Å². The molecular formula is C18H21ClN2O5S2. The van der Waals surface area contributed by atoms with Gasteiger partial charge in [0.05, 0.1) is 15.7 Å². The fourth-order valence-corrected chi connectivity index (χ4v) is 4.70. The molecule has 7 nitrogen and oxygen atoms in total. The predicted molar refractivity (Wildman–Crippen MR) is 108 cm³/mol. The van der Waals surface area contributed by atoms with Crippen LogP contribution in [0.1, 0.15) is 25.7 Å². The highest BCUT2D eigenvalue weighted by atomic mass is 35.5. The lowest BCUT2D eigenvalue weighted by Gasteiger charge is -2.09. The molecule has 10 heteroatoms. The van der Waals surface area contributed by atoms with E-state index in [0.29, 0.717) is 34.2 Å². The summed E-state index contributed by atoms with van der Waals surface area (Å²) < 4.78 is 39.4. The summed E-state index contributed by atoms with van der Waals surface area (Å²) in [7, 11) is -4.94. The number of unbranched alkanes of at least 4 members (excludes halogenated alkanes) is 2. The third kappa shape index (κ3) is 6.90. The van der Waals surface area contributed by atoms with E-state index in [1.807, 2.05) is 0 Å². The Balaban J connectivity index is 1.87. The molecule has 0 aliphatic carbocycles. The Morgan fingerprint density at radius 1 is 1.00 bits per heavy atom. The highest BCUT2D eigenvalue weighted by Gasteiger charge is 2.14. The number of sulfonamides is 1. The van der Waals surface area contributed by atoms with E-state index < -0.39 is 26.7 Å². The SMILES string of the molecule is O=C(CCCCCS(=O)c1ccc(NS(=O)(=O)c2ccc(Cl)cc2)cc1)NO. The van der Waals surface area contributed by atoms with Crippen molar-refractivity contribution in [3.8, 4) is 0 Å². The van der Waals surface area contributed by atoms with Crippen molar-refractivity contribution in [1.82, 2.24) is 5.48 Å². The van der Waals surface area contributed by atoms with E-state index in [0.717, 1.165) is 6.42 Å². The van der Waals surface area contributed by atoms with Crippen LogP contribution in [-0.2, 0) is 25.6 Å². The largest absolute Gasteiger partial charge is 0.289 e. The Hall–Kier alpha value is -1.94. The molecule has 0 heterocycles. The molecule has 0 aliphatic heterocycles. The van der Waals surface area contributed by atoms with Crippen LogP contribution in [0.4, 0.5) is 5.69 Å². The van der Waals surface area contributed by atoms with Gasteiger partial charge in [0.15, 0.2) is 0 Å². The summed E-state index contributed by atoms with van der Waals surface area (Å²) in [5, 5.41) is 8.85. The monoisotopic (exact) mass is 444 g/mol. The van der Waals surface area contributed by atoms with Gasteiger partial charge in [0.2, 0.25) is 5.91 Å². The number of nitrogens with one attached hydrogen (secondary N) is 2. The minimum atomic E-state index is -3.73. The van der Waals surface area contributed by atoms with Crippen LogP contribution in [0.25, 0.3) is 0 Å². The summed E-state index contributed by atoms with van der Waals surface area (Å²) in [6.07, 6.45) is 2.23. The second kappa shape index (κ2) is 10.6. The predicted octanol–water partition coefficient (Wildman–Crippen LogP) is 3.31. The van der Waals surface area contributed by atoms with Gasteiger partial charge in [-0.25, -0.2) is 13.9 Å². The fraction of sp³-hybridized carbons (Fsp3) is 0.278. The zero-order chi connectivity index (χ0) is 20.6. The molecule has 0 saturated carbocycles. The minimum Gasteiger partial charge on any atom is -0.289 e. The van der Waals surface area contributed by atoms with E-state index in [1.165, 1.54) is 24.3 Å². The first-order valence-electron chi connectivity index (χ1n) is 8.51. The summed E-state index contributed by atoms with van der Waals surface area (Å²) in [5.74, 6) is 0.00844. The summed E-state index contributed by atoms with van der Waals surface area (Å²) in [6.45, 7) is 0. The number of hydrogen-bond acceptors (Lipinski definition) is 5. The number of carbonyl (C=O) groups is 1. The number of hydrogen-bond donors (Lipinski definition) is 3. The second-order valence-corrected chi connectivity index (χ2v) is 9.67. The van der Waals surface area contributed by atoms with Crippen LogP contribution in [0.2, 0.25) is 5.02 Å². The van der Waals surface area contributed by atoms with Crippen molar-refractivity contribution >= 4 is 44.0 Å². The van der Waals surface area contributed by atoms with Gasteiger partial charge >= 0.3 is 0 Å². The first-order valence-corrected chi connectivity index (χ1v) is 11.7. The molecule has 0 spiro atoms. The first kappa shape index (κ1) is 22.4. The lowest BCUT2D eigenvalue weighted by atomic mass is 10.2. The molecule has 0 aromatic heterocycles. The third-order valence-corrected chi connectivity index (χ3v) is 6.96. The second-order valence-electron chi connectivity index (χ2n) is 5.98. The Labute approximate surface area is 171 Å². The highest BCUT2D eigenvalue weighted by molar-refractivity contribution is 7.92. The Kier molecular flexibility index (Phi) is 8.43. The summed E-state index contributed by atoms with van der Waals surface area (Å²) in [6, 6.07) is 12.2. The number of benzene rings is 2. The van der Waals surface area contributed by atoms with E-state index in [1.54, 1.807) is 29.7 Å². The molecule has 1 unspecified atom stereocenters. The summed E-state index contributed by atoms with van der Waals surface area (Å²) in [4.78, 5) is 11.6. The smallest absolute Gasteiger partial charge is 0.261 e. The van der Waals surface area contributed by atoms with E-state index in [4.69, 9.17) is 16.8 Å². The average molecular weight is 445 g/mol. The maximum Gasteiger partial charge on any atom is 0.261 e. The summed E-state index contributed by atoms with van der Waals surface area (Å²) in [5.41, 5.74) is 1.94. The molecule has 3 N–H and O–H groups in total. The van der Waals surface area contributed by atoms with E-state index in [9.17, 15) is 17.4 Å². The molecule has 0 bridgehead atoms. The Bertz CT molecular complexity index is 916. The maximum absolute atomic E-state index is 12.3. The zero-order valence-electron chi connectivity index (χ0n) is 14.9. The van der Waals surface area contributed by atoms with Gasteiger partial charge in [-0.15, -0.1) is 0 Å². The van der Waals surface area contributed by atoms with E-state index >= 15 is 0 Å². The standard InChI is InChI=1S/C18H21ClN2O5S2/c19-14-5-11-17(12-6-14)28(25,26)21-15-7-9-16(10-8-15)27(24)13-3-1-2-4-18(22)20-23/h5-12,21,23H,1-4,13H2,(H,20,22). The van der Waals surface area contributed by atoms with Crippen molar-refractivity contribution in [2.45, 2.75) is 35.5 Å². The third-order valence-electron chi connectivity index (χ3n) is 3.85. The molecule has 1 amide bonds. The number of halogens is 1. The Morgan fingerprint density at radius 2 is 1.64 bits per heavy atom. The molecular weight excluding hydrogens is 424 g/mol. The number of rotatable bonds is 10.